The van der Waals surface area contributed by atoms with E-state index in [2.05, 4.69) is 4.52 Å². The fourth-order valence-electron chi connectivity index (χ4n) is 1.19. The Labute approximate surface area is 71.7 Å². The van der Waals surface area contributed by atoms with E-state index >= 15 is 0 Å². The average molecular weight is 194 g/mol. The zero-order chi connectivity index (χ0) is 9.19. The summed E-state index contributed by atoms with van der Waals surface area (Å²) >= 11 is 0. The van der Waals surface area contributed by atoms with E-state index in [9.17, 15) is 4.57 Å². The van der Waals surface area contributed by atoms with Gasteiger partial charge in [0, 0.05) is 6.00 Å². The van der Waals surface area contributed by atoms with Crippen molar-refractivity contribution in [1.29, 1.82) is 0 Å². The number of phosphoric ester groups is 1. The maximum Gasteiger partial charge on any atom is 0.469 e. The molecular formula is C5H12BO5P. The van der Waals surface area contributed by atoms with Gasteiger partial charge in [-0.1, -0.05) is 0 Å². The van der Waals surface area contributed by atoms with E-state index in [1.807, 2.05) is 7.85 Å². The largest absolute Gasteiger partial charge is 0.469 e. The molecule has 1 saturated heterocycles. The number of hydrogen-bond donors (Lipinski definition) is 2. The van der Waals surface area contributed by atoms with Crippen LogP contribution < -0.4 is 0 Å². The molecule has 0 spiro atoms. The van der Waals surface area contributed by atoms with Crippen LogP contribution in [0, 0.1) is 0 Å². The summed E-state index contributed by atoms with van der Waals surface area (Å²) < 4.78 is 19.9. The average Bonchev–Trinajstić information content (AvgIpc) is 2.30. The molecule has 0 aromatic rings. The van der Waals surface area contributed by atoms with Crippen LogP contribution in [0.25, 0.3) is 0 Å². The van der Waals surface area contributed by atoms with Crippen molar-refractivity contribution in [3.63, 3.8) is 0 Å². The molecule has 0 amide bonds. The predicted octanol–water partition coefficient (Wildman–Crippen LogP) is -0.766. The molecule has 5 nitrogen and oxygen atoms in total. The first-order chi connectivity index (χ1) is 5.47. The van der Waals surface area contributed by atoms with Crippen molar-refractivity contribution in [2.45, 2.75) is 24.9 Å². The maximum absolute atomic E-state index is 10.3. The normalized spacial score (nSPS) is 30.8. The summed E-state index contributed by atoms with van der Waals surface area (Å²) in [7, 11) is -2.39. The molecule has 0 aromatic carbocycles. The lowest BCUT2D eigenvalue weighted by atomic mass is 9.97. The highest BCUT2D eigenvalue weighted by Gasteiger charge is 2.24. The molecule has 0 radical (unpaired) electrons. The molecule has 12 heavy (non-hydrogen) atoms. The number of rotatable bonds is 3. The van der Waals surface area contributed by atoms with Gasteiger partial charge >= 0.3 is 7.82 Å². The molecule has 0 unspecified atom stereocenters. The van der Waals surface area contributed by atoms with E-state index in [1.165, 1.54) is 0 Å². The standard InChI is InChI=1S/C5H12BO5P/c6-5-2-1-4(11-5)3-10-12(7,8)9/h4-5H,1-3,6H2,(H2,7,8,9)/t4-,5+/m0/s1. The van der Waals surface area contributed by atoms with Crippen LogP contribution in [0.1, 0.15) is 12.8 Å². The van der Waals surface area contributed by atoms with Crippen molar-refractivity contribution in [2.24, 2.45) is 0 Å². The summed E-state index contributed by atoms with van der Waals surface area (Å²) in [5.41, 5.74) is 0. The van der Waals surface area contributed by atoms with Crippen LogP contribution in [0.3, 0.4) is 0 Å². The monoisotopic (exact) mass is 194 g/mol. The van der Waals surface area contributed by atoms with Crippen molar-refractivity contribution < 1.29 is 23.6 Å². The molecule has 0 bridgehead atoms. The lowest BCUT2D eigenvalue weighted by molar-refractivity contribution is 0.0403. The molecule has 0 aliphatic carbocycles. The van der Waals surface area contributed by atoms with Crippen LogP contribution in [0.4, 0.5) is 0 Å². The molecule has 0 aromatic heterocycles. The Morgan fingerprint density at radius 3 is 2.67 bits per heavy atom. The molecule has 7 heteroatoms. The highest BCUT2D eigenvalue weighted by molar-refractivity contribution is 7.46. The molecule has 0 saturated carbocycles. The molecule has 1 heterocycles. The summed E-state index contributed by atoms with van der Waals surface area (Å²) in [6.07, 6.45) is 1.57. The molecule has 1 fully saturated rings. The van der Waals surface area contributed by atoms with E-state index in [0.29, 0.717) is 0 Å². The summed E-state index contributed by atoms with van der Waals surface area (Å²) in [6, 6.07) is 0.176. The lowest BCUT2D eigenvalue weighted by Crippen LogP contribution is -2.16. The first kappa shape index (κ1) is 10.2. The second-order valence-corrected chi connectivity index (χ2v) is 4.17. The van der Waals surface area contributed by atoms with Gasteiger partial charge < -0.3 is 14.5 Å². The Morgan fingerprint density at radius 1 is 1.58 bits per heavy atom. The molecular weight excluding hydrogens is 182 g/mol. The lowest BCUT2D eigenvalue weighted by Gasteiger charge is -2.11. The minimum atomic E-state index is -4.32. The Kier molecular flexibility index (Phi) is 3.32. The Hall–Kier alpha value is 0.135. The van der Waals surface area contributed by atoms with Crippen molar-refractivity contribution in [3.05, 3.63) is 0 Å². The van der Waals surface area contributed by atoms with Crippen LogP contribution in [0.5, 0.6) is 0 Å². The molecule has 70 valence electrons. The summed E-state index contributed by atoms with van der Waals surface area (Å²) in [5, 5.41) is 0. The minimum Gasteiger partial charge on any atom is -0.382 e. The molecule has 2 N–H and O–H groups in total. The topological polar surface area (TPSA) is 76.0 Å². The highest BCUT2D eigenvalue weighted by Crippen LogP contribution is 2.36. The smallest absolute Gasteiger partial charge is 0.382 e. The molecule has 1 aliphatic heterocycles. The number of phosphoric acid groups is 1. The van der Waals surface area contributed by atoms with Gasteiger partial charge in [-0.2, -0.15) is 0 Å². The van der Waals surface area contributed by atoms with Crippen molar-refractivity contribution in [2.75, 3.05) is 6.61 Å². The minimum absolute atomic E-state index is 0.0192. The SMILES string of the molecule is B[C@H]1CC[C@@H](COP(=O)(O)O)O1. The number of ether oxygens (including phenoxy) is 1. The van der Waals surface area contributed by atoms with E-state index in [1.54, 1.807) is 0 Å². The van der Waals surface area contributed by atoms with E-state index in [4.69, 9.17) is 14.5 Å². The second-order valence-electron chi connectivity index (χ2n) is 2.93. The third-order valence-corrected chi connectivity index (χ3v) is 2.23. The molecule has 1 rings (SSSR count). The van der Waals surface area contributed by atoms with Gasteiger partial charge in [-0.15, -0.1) is 0 Å². The second kappa shape index (κ2) is 3.90. The predicted molar refractivity (Wildman–Crippen MR) is 44.4 cm³/mol. The van der Waals surface area contributed by atoms with Crippen LogP contribution in [0.2, 0.25) is 0 Å². The third-order valence-electron chi connectivity index (χ3n) is 1.75. The van der Waals surface area contributed by atoms with Crippen LogP contribution >= 0.6 is 7.82 Å². The van der Waals surface area contributed by atoms with Gasteiger partial charge in [0.1, 0.15) is 7.85 Å². The van der Waals surface area contributed by atoms with E-state index in [0.717, 1.165) is 12.8 Å². The molecule has 2 atom stereocenters. The van der Waals surface area contributed by atoms with E-state index < -0.39 is 7.82 Å². The van der Waals surface area contributed by atoms with Crippen molar-refractivity contribution >= 4 is 15.7 Å². The first-order valence-corrected chi connectivity index (χ1v) is 5.36. The number of hydrogen-bond acceptors (Lipinski definition) is 3. The Bertz CT molecular complexity index is 192. The summed E-state index contributed by atoms with van der Waals surface area (Å²) in [4.78, 5) is 16.8. The van der Waals surface area contributed by atoms with Crippen LogP contribution in [-0.2, 0) is 13.8 Å². The highest BCUT2D eigenvalue weighted by atomic mass is 31.2. The maximum atomic E-state index is 10.3. The fraction of sp³-hybridized carbons (Fsp3) is 1.00. The van der Waals surface area contributed by atoms with Gasteiger partial charge in [0.2, 0.25) is 0 Å². The van der Waals surface area contributed by atoms with Crippen molar-refractivity contribution in [3.8, 4) is 0 Å². The quantitative estimate of drug-likeness (QED) is 0.455. The van der Waals surface area contributed by atoms with Gasteiger partial charge in [-0.25, -0.2) is 4.57 Å². The van der Waals surface area contributed by atoms with Gasteiger partial charge in [-0.05, 0) is 12.8 Å². The van der Waals surface area contributed by atoms with Gasteiger partial charge in [0.05, 0.1) is 12.7 Å². The zero-order valence-corrected chi connectivity index (χ0v) is 7.74. The van der Waals surface area contributed by atoms with Crippen LogP contribution in [0.15, 0.2) is 0 Å². The van der Waals surface area contributed by atoms with E-state index in [-0.39, 0.29) is 18.7 Å². The van der Waals surface area contributed by atoms with Gasteiger partial charge in [-0.3, -0.25) is 4.52 Å². The summed E-state index contributed by atoms with van der Waals surface area (Å²) in [5.74, 6) is 0. The summed E-state index contributed by atoms with van der Waals surface area (Å²) in [6.45, 7) is -0.0192. The molecule has 1 aliphatic rings. The van der Waals surface area contributed by atoms with Crippen molar-refractivity contribution in [1.82, 2.24) is 0 Å². The van der Waals surface area contributed by atoms with Gasteiger partial charge in [0.15, 0.2) is 0 Å². The fourth-order valence-corrected chi connectivity index (χ4v) is 1.55. The zero-order valence-electron chi connectivity index (χ0n) is 6.84. The first-order valence-electron chi connectivity index (χ1n) is 3.83. The Morgan fingerprint density at radius 2 is 2.25 bits per heavy atom. The Balaban J connectivity index is 2.21. The third kappa shape index (κ3) is 3.69. The van der Waals surface area contributed by atoms with Crippen LogP contribution in [-0.4, -0.2) is 36.3 Å². The van der Waals surface area contributed by atoms with Gasteiger partial charge in [0.25, 0.3) is 0 Å².